The Morgan fingerprint density at radius 2 is 1.76 bits per heavy atom. The standard InChI is InChI=1S/C21H22N2OS/c1-15-6-5-9-20(16(15)2)23-21(25)22-12-13-24-19-11-10-17-7-3-4-8-18(17)14-19/h3-11,14H,12-13H2,1-2H3,(H2,22,23,25). The van der Waals surface area contributed by atoms with Gasteiger partial charge in [-0.15, -0.1) is 0 Å². The Hall–Kier alpha value is -2.59. The molecular weight excluding hydrogens is 328 g/mol. The molecule has 0 aliphatic carbocycles. The zero-order chi connectivity index (χ0) is 17.6. The predicted octanol–water partition coefficient (Wildman–Crippen LogP) is 4.82. The second-order valence-corrected chi connectivity index (χ2v) is 6.39. The summed E-state index contributed by atoms with van der Waals surface area (Å²) < 4.78 is 5.81. The number of hydrogen-bond donors (Lipinski definition) is 2. The van der Waals surface area contributed by atoms with Gasteiger partial charge in [0, 0.05) is 5.69 Å². The van der Waals surface area contributed by atoms with Crippen molar-refractivity contribution in [1.29, 1.82) is 0 Å². The zero-order valence-corrected chi connectivity index (χ0v) is 15.3. The Balaban J connectivity index is 1.47. The second-order valence-electron chi connectivity index (χ2n) is 5.99. The number of nitrogens with one attached hydrogen (secondary N) is 2. The molecule has 0 saturated carbocycles. The van der Waals surface area contributed by atoms with Gasteiger partial charge >= 0.3 is 0 Å². The summed E-state index contributed by atoms with van der Waals surface area (Å²) in [4.78, 5) is 0. The molecule has 0 heterocycles. The molecule has 128 valence electrons. The van der Waals surface area contributed by atoms with Crippen LogP contribution in [0.2, 0.25) is 0 Å². The van der Waals surface area contributed by atoms with E-state index in [0.717, 1.165) is 11.4 Å². The first-order valence-electron chi connectivity index (χ1n) is 8.36. The fourth-order valence-electron chi connectivity index (χ4n) is 2.64. The van der Waals surface area contributed by atoms with Gasteiger partial charge in [0.2, 0.25) is 0 Å². The molecule has 0 fully saturated rings. The van der Waals surface area contributed by atoms with E-state index < -0.39 is 0 Å². The van der Waals surface area contributed by atoms with Crippen molar-refractivity contribution in [3.63, 3.8) is 0 Å². The van der Waals surface area contributed by atoms with Crippen molar-refractivity contribution in [1.82, 2.24) is 5.32 Å². The SMILES string of the molecule is Cc1cccc(NC(=S)NCCOc2ccc3ccccc3c2)c1C. The molecule has 3 aromatic rings. The van der Waals surface area contributed by atoms with Crippen LogP contribution < -0.4 is 15.4 Å². The second kappa shape index (κ2) is 7.99. The van der Waals surface area contributed by atoms with E-state index in [1.54, 1.807) is 0 Å². The molecule has 0 aliphatic rings. The molecule has 4 heteroatoms. The van der Waals surface area contributed by atoms with Crippen LogP contribution in [0, 0.1) is 13.8 Å². The van der Waals surface area contributed by atoms with E-state index in [4.69, 9.17) is 17.0 Å². The fraction of sp³-hybridized carbons (Fsp3) is 0.190. The lowest BCUT2D eigenvalue weighted by Gasteiger charge is -2.14. The van der Waals surface area contributed by atoms with E-state index in [-0.39, 0.29) is 0 Å². The molecule has 3 aromatic carbocycles. The largest absolute Gasteiger partial charge is 0.492 e. The molecule has 0 amide bonds. The molecule has 0 aromatic heterocycles. The molecular formula is C21H22N2OS. The lowest BCUT2D eigenvalue weighted by molar-refractivity contribution is 0.323. The van der Waals surface area contributed by atoms with Gasteiger partial charge in [-0.25, -0.2) is 0 Å². The van der Waals surface area contributed by atoms with Crippen LogP contribution >= 0.6 is 12.2 Å². The molecule has 0 atom stereocenters. The summed E-state index contributed by atoms with van der Waals surface area (Å²) in [6.07, 6.45) is 0. The molecule has 25 heavy (non-hydrogen) atoms. The highest BCUT2D eigenvalue weighted by atomic mass is 32.1. The van der Waals surface area contributed by atoms with Crippen LogP contribution in [0.25, 0.3) is 10.8 Å². The zero-order valence-electron chi connectivity index (χ0n) is 14.5. The normalized spacial score (nSPS) is 10.5. The molecule has 2 N–H and O–H groups in total. The number of benzene rings is 3. The highest BCUT2D eigenvalue weighted by molar-refractivity contribution is 7.80. The van der Waals surface area contributed by atoms with Crippen molar-refractivity contribution in [2.45, 2.75) is 13.8 Å². The summed E-state index contributed by atoms with van der Waals surface area (Å²) in [5, 5.41) is 9.42. The minimum Gasteiger partial charge on any atom is -0.492 e. The van der Waals surface area contributed by atoms with Crippen molar-refractivity contribution in [3.8, 4) is 5.75 Å². The van der Waals surface area contributed by atoms with Crippen LogP contribution in [-0.4, -0.2) is 18.3 Å². The summed E-state index contributed by atoms with van der Waals surface area (Å²) in [6, 6.07) is 20.5. The van der Waals surface area contributed by atoms with Gasteiger partial charge in [-0.05, 0) is 66.2 Å². The number of ether oxygens (including phenoxy) is 1. The fourth-order valence-corrected chi connectivity index (χ4v) is 2.86. The summed E-state index contributed by atoms with van der Waals surface area (Å²) in [7, 11) is 0. The van der Waals surface area contributed by atoms with Crippen LogP contribution in [-0.2, 0) is 0 Å². The molecule has 0 saturated heterocycles. The van der Waals surface area contributed by atoms with Crippen molar-refractivity contribution in [2.75, 3.05) is 18.5 Å². The minimum atomic E-state index is 0.549. The van der Waals surface area contributed by atoms with Gasteiger partial charge in [-0.2, -0.15) is 0 Å². The Morgan fingerprint density at radius 1 is 0.960 bits per heavy atom. The number of rotatable bonds is 5. The molecule has 0 radical (unpaired) electrons. The third-order valence-corrected chi connectivity index (χ3v) is 4.48. The minimum absolute atomic E-state index is 0.549. The van der Waals surface area contributed by atoms with E-state index in [0.29, 0.717) is 18.3 Å². The number of fused-ring (bicyclic) bond motifs is 1. The monoisotopic (exact) mass is 350 g/mol. The summed E-state index contributed by atoms with van der Waals surface area (Å²) >= 11 is 5.35. The van der Waals surface area contributed by atoms with Crippen LogP contribution in [0.5, 0.6) is 5.75 Å². The lowest BCUT2D eigenvalue weighted by atomic mass is 10.1. The number of anilines is 1. The van der Waals surface area contributed by atoms with Gasteiger partial charge in [0.15, 0.2) is 5.11 Å². The van der Waals surface area contributed by atoms with Crippen LogP contribution in [0.15, 0.2) is 60.7 Å². The molecule has 3 nitrogen and oxygen atoms in total. The van der Waals surface area contributed by atoms with Crippen molar-refractivity contribution in [2.24, 2.45) is 0 Å². The van der Waals surface area contributed by atoms with Crippen LogP contribution in [0.3, 0.4) is 0 Å². The Labute approximate surface area is 154 Å². The highest BCUT2D eigenvalue weighted by Crippen LogP contribution is 2.20. The first kappa shape index (κ1) is 17.2. The van der Waals surface area contributed by atoms with Crippen LogP contribution in [0.1, 0.15) is 11.1 Å². The molecule has 0 unspecified atom stereocenters. The van der Waals surface area contributed by atoms with Crippen molar-refractivity contribution in [3.05, 3.63) is 71.8 Å². The van der Waals surface area contributed by atoms with Gasteiger partial charge in [-0.3, -0.25) is 0 Å². The Morgan fingerprint density at radius 3 is 2.60 bits per heavy atom. The predicted molar refractivity (Wildman–Crippen MR) is 110 cm³/mol. The van der Waals surface area contributed by atoms with Gasteiger partial charge < -0.3 is 15.4 Å². The number of thiocarbonyl (C=S) groups is 1. The summed E-state index contributed by atoms with van der Waals surface area (Å²) in [5.74, 6) is 0.869. The van der Waals surface area contributed by atoms with E-state index in [1.807, 2.05) is 30.3 Å². The Bertz CT molecular complexity index is 892. The average molecular weight is 350 g/mol. The lowest BCUT2D eigenvalue weighted by Crippen LogP contribution is -2.32. The molecule has 0 aliphatic heterocycles. The third-order valence-electron chi connectivity index (χ3n) is 4.23. The number of aryl methyl sites for hydroxylation is 1. The Kier molecular flexibility index (Phi) is 5.51. The maximum absolute atomic E-state index is 5.81. The number of hydrogen-bond acceptors (Lipinski definition) is 2. The third kappa shape index (κ3) is 4.48. The van der Waals surface area contributed by atoms with Crippen molar-refractivity contribution < 1.29 is 4.74 Å². The molecule has 0 spiro atoms. The maximum Gasteiger partial charge on any atom is 0.170 e. The first-order valence-corrected chi connectivity index (χ1v) is 8.77. The molecule has 3 rings (SSSR count). The van der Waals surface area contributed by atoms with E-state index >= 15 is 0 Å². The van der Waals surface area contributed by atoms with E-state index in [2.05, 4.69) is 54.8 Å². The van der Waals surface area contributed by atoms with E-state index in [9.17, 15) is 0 Å². The van der Waals surface area contributed by atoms with Crippen LogP contribution in [0.4, 0.5) is 5.69 Å². The van der Waals surface area contributed by atoms with Gasteiger partial charge in [0.25, 0.3) is 0 Å². The van der Waals surface area contributed by atoms with Gasteiger partial charge in [-0.1, -0.05) is 42.5 Å². The quantitative estimate of drug-likeness (QED) is 0.510. The van der Waals surface area contributed by atoms with Gasteiger partial charge in [0.1, 0.15) is 12.4 Å². The van der Waals surface area contributed by atoms with Crippen molar-refractivity contribution >= 4 is 33.8 Å². The average Bonchev–Trinajstić information content (AvgIpc) is 2.62. The topological polar surface area (TPSA) is 33.3 Å². The van der Waals surface area contributed by atoms with Gasteiger partial charge in [0.05, 0.1) is 6.54 Å². The smallest absolute Gasteiger partial charge is 0.170 e. The maximum atomic E-state index is 5.81. The first-order chi connectivity index (χ1) is 12.1. The summed E-state index contributed by atoms with van der Waals surface area (Å²) in [5.41, 5.74) is 3.49. The van der Waals surface area contributed by atoms with E-state index in [1.165, 1.54) is 21.9 Å². The highest BCUT2D eigenvalue weighted by Gasteiger charge is 2.03. The summed E-state index contributed by atoms with van der Waals surface area (Å²) in [6.45, 7) is 5.37. The molecule has 0 bridgehead atoms.